The van der Waals surface area contributed by atoms with Gasteiger partial charge in [-0.3, -0.25) is 4.79 Å². The number of amides is 1. The minimum atomic E-state index is -3.74. The largest absolute Gasteiger partial charge is 0.492 e. The molecule has 0 saturated carbocycles. The molecule has 0 radical (unpaired) electrons. The molecule has 0 saturated heterocycles. The molecule has 182 valence electrons. The normalized spacial score (nSPS) is 12.2. The molecule has 0 spiro atoms. The molecule has 0 heterocycles. The Hall–Kier alpha value is -2.47. The van der Waals surface area contributed by atoms with E-state index in [1.807, 2.05) is 0 Å². The van der Waals surface area contributed by atoms with E-state index in [-0.39, 0.29) is 27.1 Å². The molecule has 2 aromatic rings. The van der Waals surface area contributed by atoms with E-state index in [4.69, 9.17) is 4.74 Å². The van der Waals surface area contributed by atoms with Crippen LogP contribution in [0.25, 0.3) is 0 Å². The second kappa shape index (κ2) is 11.1. The second-order valence-electron chi connectivity index (χ2n) is 7.43. The number of carbonyl (C=O) groups is 1. The van der Waals surface area contributed by atoms with Gasteiger partial charge in [-0.2, -0.15) is 4.31 Å². The van der Waals surface area contributed by atoms with Gasteiger partial charge in [0.15, 0.2) is 0 Å². The molecule has 0 unspecified atom stereocenters. The minimum Gasteiger partial charge on any atom is -0.492 e. The zero-order chi connectivity index (χ0) is 24.8. The Morgan fingerprint density at radius 2 is 1.52 bits per heavy atom. The Labute approximate surface area is 196 Å². The van der Waals surface area contributed by atoms with Crippen LogP contribution >= 0.6 is 0 Å². The molecular weight excluding hydrogens is 466 g/mol. The topological polar surface area (TPSA) is 122 Å². The molecule has 33 heavy (non-hydrogen) atoms. The molecule has 11 heteroatoms. The van der Waals surface area contributed by atoms with Crippen LogP contribution in [0.2, 0.25) is 0 Å². The molecule has 2 aromatic carbocycles. The fourth-order valence-electron chi connectivity index (χ4n) is 3.12. The summed E-state index contributed by atoms with van der Waals surface area (Å²) >= 11 is 0. The van der Waals surface area contributed by atoms with E-state index in [0.29, 0.717) is 25.4 Å². The Morgan fingerprint density at radius 1 is 0.939 bits per heavy atom. The number of rotatable bonds is 11. The number of hydrogen-bond donors (Lipinski definition) is 2. The van der Waals surface area contributed by atoms with Crippen molar-refractivity contribution >= 4 is 31.6 Å². The van der Waals surface area contributed by atoms with E-state index < -0.39 is 26.0 Å². The molecule has 0 atom stereocenters. The van der Waals surface area contributed by atoms with Crippen LogP contribution in [-0.4, -0.2) is 52.8 Å². The third kappa shape index (κ3) is 6.53. The van der Waals surface area contributed by atoms with Gasteiger partial charge in [0.1, 0.15) is 5.75 Å². The van der Waals surface area contributed by atoms with Crippen molar-refractivity contribution in [2.45, 2.75) is 50.5 Å². The number of carbonyl (C=O) groups excluding carboxylic acids is 1. The standard InChI is InChI=1S/C22H31N3O6S2/c1-6-25(7-2)33(29,30)19-13-14-21(31-8-3)20(15-19)23-22(26)17-9-11-18(12-10-17)32(27,28)24-16(4)5/h9-16,24H,6-8H2,1-5H3,(H,23,26). The van der Waals surface area contributed by atoms with Gasteiger partial charge in [0.2, 0.25) is 20.0 Å². The maximum absolute atomic E-state index is 12.9. The van der Waals surface area contributed by atoms with Crippen molar-refractivity contribution in [3.63, 3.8) is 0 Å². The molecule has 0 aliphatic rings. The van der Waals surface area contributed by atoms with Gasteiger partial charge >= 0.3 is 0 Å². The predicted octanol–water partition coefficient (Wildman–Crippen LogP) is 3.05. The molecule has 0 bridgehead atoms. The number of ether oxygens (including phenoxy) is 1. The lowest BCUT2D eigenvalue weighted by Gasteiger charge is -2.20. The fraction of sp³-hybridized carbons (Fsp3) is 0.409. The van der Waals surface area contributed by atoms with E-state index >= 15 is 0 Å². The molecule has 2 rings (SSSR count). The van der Waals surface area contributed by atoms with Gasteiger partial charge in [-0.05, 0) is 63.2 Å². The molecule has 0 aliphatic carbocycles. The highest BCUT2D eigenvalue weighted by Gasteiger charge is 2.24. The van der Waals surface area contributed by atoms with E-state index in [9.17, 15) is 21.6 Å². The van der Waals surface area contributed by atoms with Crippen LogP contribution in [0.1, 0.15) is 45.0 Å². The highest BCUT2D eigenvalue weighted by Crippen LogP contribution is 2.30. The maximum atomic E-state index is 12.9. The van der Waals surface area contributed by atoms with Gasteiger partial charge in [-0.15, -0.1) is 0 Å². The summed E-state index contributed by atoms with van der Waals surface area (Å²) in [7, 11) is -7.42. The number of nitrogens with zero attached hydrogens (tertiary/aromatic N) is 1. The first-order valence-corrected chi connectivity index (χ1v) is 13.6. The zero-order valence-electron chi connectivity index (χ0n) is 19.5. The molecule has 0 aromatic heterocycles. The molecular formula is C22H31N3O6S2. The average molecular weight is 498 g/mol. The lowest BCUT2D eigenvalue weighted by Crippen LogP contribution is -2.30. The molecule has 0 fully saturated rings. The van der Waals surface area contributed by atoms with E-state index in [2.05, 4.69) is 10.0 Å². The SMILES string of the molecule is CCOc1ccc(S(=O)(=O)N(CC)CC)cc1NC(=O)c1ccc(S(=O)(=O)NC(C)C)cc1. The van der Waals surface area contributed by atoms with Crippen molar-refractivity contribution in [1.29, 1.82) is 0 Å². The third-order valence-corrected chi connectivity index (χ3v) is 8.38. The van der Waals surface area contributed by atoms with Crippen molar-refractivity contribution < 1.29 is 26.4 Å². The van der Waals surface area contributed by atoms with Crippen LogP contribution in [0.4, 0.5) is 5.69 Å². The first-order valence-electron chi connectivity index (χ1n) is 10.7. The van der Waals surface area contributed by atoms with E-state index in [0.717, 1.165) is 0 Å². The highest BCUT2D eigenvalue weighted by atomic mass is 32.2. The van der Waals surface area contributed by atoms with E-state index in [1.165, 1.54) is 46.8 Å². The van der Waals surface area contributed by atoms with Crippen LogP contribution in [0.15, 0.2) is 52.3 Å². The van der Waals surface area contributed by atoms with Gasteiger partial charge in [0, 0.05) is 24.7 Å². The van der Waals surface area contributed by atoms with Crippen molar-refractivity contribution in [1.82, 2.24) is 9.03 Å². The number of benzene rings is 2. The van der Waals surface area contributed by atoms with Crippen LogP contribution in [0.3, 0.4) is 0 Å². The van der Waals surface area contributed by atoms with Gasteiger partial charge in [0.05, 0.1) is 22.1 Å². The minimum absolute atomic E-state index is 0.0335. The summed E-state index contributed by atoms with van der Waals surface area (Å²) in [6.45, 7) is 9.64. The lowest BCUT2D eigenvalue weighted by molar-refractivity contribution is 0.102. The number of hydrogen-bond acceptors (Lipinski definition) is 6. The molecule has 0 aliphatic heterocycles. The summed E-state index contributed by atoms with van der Waals surface area (Å²) in [5.74, 6) is -0.209. The van der Waals surface area contributed by atoms with Gasteiger partial charge in [-0.1, -0.05) is 13.8 Å². The summed E-state index contributed by atoms with van der Waals surface area (Å²) in [5.41, 5.74) is 0.409. The first-order chi connectivity index (χ1) is 15.5. The zero-order valence-corrected chi connectivity index (χ0v) is 21.1. The fourth-order valence-corrected chi connectivity index (χ4v) is 5.86. The third-order valence-electron chi connectivity index (χ3n) is 4.66. The van der Waals surface area contributed by atoms with E-state index in [1.54, 1.807) is 34.6 Å². The number of anilines is 1. The number of nitrogens with one attached hydrogen (secondary N) is 2. The van der Waals surface area contributed by atoms with Crippen molar-refractivity contribution in [2.75, 3.05) is 25.0 Å². The highest BCUT2D eigenvalue weighted by molar-refractivity contribution is 7.89. The monoisotopic (exact) mass is 497 g/mol. The second-order valence-corrected chi connectivity index (χ2v) is 11.1. The van der Waals surface area contributed by atoms with Gasteiger partial charge in [0.25, 0.3) is 5.91 Å². The summed E-state index contributed by atoms with van der Waals surface area (Å²) in [5, 5.41) is 2.68. The maximum Gasteiger partial charge on any atom is 0.255 e. The Kier molecular flexibility index (Phi) is 9.01. The Bertz CT molecular complexity index is 1170. The quantitative estimate of drug-likeness (QED) is 0.492. The molecule has 2 N–H and O–H groups in total. The summed E-state index contributed by atoms with van der Waals surface area (Å²) in [6, 6.07) is 9.49. The number of sulfonamides is 2. The van der Waals surface area contributed by atoms with Crippen molar-refractivity contribution in [2.24, 2.45) is 0 Å². The molecule has 9 nitrogen and oxygen atoms in total. The summed E-state index contributed by atoms with van der Waals surface area (Å²) in [4.78, 5) is 12.9. The average Bonchev–Trinajstić information content (AvgIpc) is 2.75. The predicted molar refractivity (Wildman–Crippen MR) is 128 cm³/mol. The smallest absolute Gasteiger partial charge is 0.255 e. The summed E-state index contributed by atoms with van der Waals surface area (Å²) in [6.07, 6.45) is 0. The Morgan fingerprint density at radius 3 is 2.03 bits per heavy atom. The van der Waals surface area contributed by atoms with Crippen LogP contribution in [0, 0.1) is 0 Å². The molecule has 1 amide bonds. The first kappa shape index (κ1) is 26.8. The van der Waals surface area contributed by atoms with Crippen LogP contribution < -0.4 is 14.8 Å². The van der Waals surface area contributed by atoms with Crippen molar-refractivity contribution in [3.8, 4) is 5.75 Å². The van der Waals surface area contributed by atoms with Crippen LogP contribution in [-0.2, 0) is 20.0 Å². The van der Waals surface area contributed by atoms with Gasteiger partial charge in [-0.25, -0.2) is 21.6 Å². The van der Waals surface area contributed by atoms with Gasteiger partial charge < -0.3 is 10.1 Å². The lowest BCUT2D eigenvalue weighted by atomic mass is 10.2. The summed E-state index contributed by atoms with van der Waals surface area (Å²) < 4.78 is 59.7. The van der Waals surface area contributed by atoms with Crippen LogP contribution in [0.5, 0.6) is 5.75 Å². The Balaban J connectivity index is 2.36. The van der Waals surface area contributed by atoms with Crippen molar-refractivity contribution in [3.05, 3.63) is 48.0 Å².